The summed E-state index contributed by atoms with van der Waals surface area (Å²) in [6.45, 7) is 0. The largest absolute Gasteiger partial charge is 0.507 e. The molecule has 0 bridgehead atoms. The molecule has 2 aromatic carbocycles. The molecule has 0 aromatic heterocycles. The highest BCUT2D eigenvalue weighted by Crippen LogP contribution is 2.21. The van der Waals surface area contributed by atoms with Crippen LogP contribution in [0.3, 0.4) is 0 Å². The van der Waals surface area contributed by atoms with Crippen LogP contribution in [0.5, 0.6) is 5.75 Å². The summed E-state index contributed by atoms with van der Waals surface area (Å²) in [5.74, 6) is -2.53. The molecular weight excluding hydrogens is 277 g/mol. The van der Waals surface area contributed by atoms with Crippen molar-refractivity contribution in [3.05, 3.63) is 59.4 Å². The summed E-state index contributed by atoms with van der Waals surface area (Å²) in [5.41, 5.74) is 0.440. The number of carboxylic acids is 1. The predicted octanol–water partition coefficient (Wildman–Crippen LogP) is 2.41. The molecule has 2 rings (SSSR count). The van der Waals surface area contributed by atoms with Gasteiger partial charge < -0.3 is 15.5 Å². The fourth-order valence-corrected chi connectivity index (χ4v) is 1.82. The highest BCUT2D eigenvalue weighted by Gasteiger charge is 2.12. The van der Waals surface area contributed by atoms with Crippen LogP contribution in [0.25, 0.3) is 0 Å². The fourth-order valence-electron chi connectivity index (χ4n) is 1.82. The zero-order valence-electron chi connectivity index (χ0n) is 10.8. The Morgan fingerprint density at radius 3 is 2.57 bits per heavy atom. The fraction of sp³-hybridized carbons (Fsp3) is 0.0667. The molecule has 0 unspecified atom stereocenters. The van der Waals surface area contributed by atoms with Crippen LogP contribution in [0, 0.1) is 5.82 Å². The summed E-state index contributed by atoms with van der Waals surface area (Å²) < 4.78 is 13.0. The normalized spacial score (nSPS) is 10.1. The Kier molecular flexibility index (Phi) is 4.18. The topological polar surface area (TPSA) is 86.6 Å². The van der Waals surface area contributed by atoms with Crippen molar-refractivity contribution in [1.82, 2.24) is 0 Å². The van der Waals surface area contributed by atoms with Crippen LogP contribution in [-0.4, -0.2) is 22.1 Å². The molecule has 0 fully saturated rings. The first kappa shape index (κ1) is 14.5. The molecule has 0 radical (unpaired) electrons. The second-order valence-electron chi connectivity index (χ2n) is 4.39. The monoisotopic (exact) mass is 289 g/mol. The molecule has 0 atom stereocenters. The Labute approximate surface area is 119 Å². The highest BCUT2D eigenvalue weighted by atomic mass is 19.1. The van der Waals surface area contributed by atoms with Crippen LogP contribution in [0.2, 0.25) is 0 Å². The third-order valence-corrected chi connectivity index (χ3v) is 2.76. The van der Waals surface area contributed by atoms with Crippen molar-refractivity contribution in [2.24, 2.45) is 0 Å². The van der Waals surface area contributed by atoms with Gasteiger partial charge in [0, 0.05) is 5.69 Å². The number of aromatic carboxylic acids is 1. The Hall–Kier alpha value is -2.89. The van der Waals surface area contributed by atoms with Crippen molar-refractivity contribution in [3.8, 4) is 5.75 Å². The summed E-state index contributed by atoms with van der Waals surface area (Å²) in [6.07, 6.45) is -0.0406. The minimum absolute atomic E-state index is 0.0406. The summed E-state index contributed by atoms with van der Waals surface area (Å²) >= 11 is 0. The van der Waals surface area contributed by atoms with Gasteiger partial charge in [-0.1, -0.05) is 12.1 Å². The van der Waals surface area contributed by atoms with Crippen LogP contribution >= 0.6 is 0 Å². The number of aromatic hydroxyl groups is 1. The van der Waals surface area contributed by atoms with E-state index in [2.05, 4.69) is 5.32 Å². The smallest absolute Gasteiger partial charge is 0.339 e. The van der Waals surface area contributed by atoms with E-state index in [1.807, 2.05) is 0 Å². The average Bonchev–Trinajstić information content (AvgIpc) is 2.40. The number of carbonyl (C=O) groups excluding carboxylic acids is 1. The molecule has 21 heavy (non-hydrogen) atoms. The molecule has 108 valence electrons. The van der Waals surface area contributed by atoms with Gasteiger partial charge in [-0.15, -0.1) is 0 Å². The molecule has 0 spiro atoms. The maximum absolute atomic E-state index is 13.0. The summed E-state index contributed by atoms with van der Waals surface area (Å²) in [7, 11) is 0. The predicted molar refractivity (Wildman–Crippen MR) is 73.8 cm³/mol. The van der Waals surface area contributed by atoms with E-state index in [-0.39, 0.29) is 23.4 Å². The Balaban J connectivity index is 2.09. The molecular formula is C15H12FNO4. The van der Waals surface area contributed by atoms with Crippen molar-refractivity contribution in [3.63, 3.8) is 0 Å². The van der Waals surface area contributed by atoms with Gasteiger partial charge in [0.15, 0.2) is 0 Å². The van der Waals surface area contributed by atoms with E-state index >= 15 is 0 Å². The first-order valence-corrected chi connectivity index (χ1v) is 6.06. The van der Waals surface area contributed by atoms with Gasteiger partial charge in [-0.25, -0.2) is 9.18 Å². The molecule has 0 saturated heterocycles. The summed E-state index contributed by atoms with van der Waals surface area (Å²) in [6, 6.07) is 9.36. The van der Waals surface area contributed by atoms with Gasteiger partial charge in [0.2, 0.25) is 5.91 Å². The number of nitrogens with one attached hydrogen (secondary N) is 1. The van der Waals surface area contributed by atoms with Crippen LogP contribution < -0.4 is 5.32 Å². The van der Waals surface area contributed by atoms with E-state index in [0.29, 0.717) is 5.56 Å². The van der Waals surface area contributed by atoms with Gasteiger partial charge in [-0.3, -0.25) is 4.79 Å². The molecule has 5 nitrogen and oxygen atoms in total. The molecule has 0 aliphatic heterocycles. The molecule has 0 aliphatic carbocycles. The lowest BCUT2D eigenvalue weighted by Gasteiger charge is -2.07. The first-order chi connectivity index (χ1) is 9.95. The van der Waals surface area contributed by atoms with Gasteiger partial charge in [0.05, 0.1) is 6.42 Å². The highest BCUT2D eigenvalue weighted by molar-refractivity contribution is 5.96. The van der Waals surface area contributed by atoms with Crippen molar-refractivity contribution in [1.29, 1.82) is 0 Å². The summed E-state index contributed by atoms with van der Waals surface area (Å²) in [4.78, 5) is 22.7. The average molecular weight is 289 g/mol. The number of phenols is 1. The maximum Gasteiger partial charge on any atom is 0.339 e. The van der Waals surface area contributed by atoms with Crippen molar-refractivity contribution in [2.75, 3.05) is 5.32 Å². The van der Waals surface area contributed by atoms with Gasteiger partial charge in [-0.2, -0.15) is 0 Å². The number of benzene rings is 2. The third-order valence-electron chi connectivity index (χ3n) is 2.76. The zero-order valence-corrected chi connectivity index (χ0v) is 10.8. The second kappa shape index (κ2) is 6.04. The lowest BCUT2D eigenvalue weighted by Crippen LogP contribution is -2.15. The van der Waals surface area contributed by atoms with Crippen LogP contribution in [0.1, 0.15) is 15.9 Å². The van der Waals surface area contributed by atoms with E-state index in [4.69, 9.17) is 5.11 Å². The lowest BCUT2D eigenvalue weighted by atomic mass is 10.1. The molecule has 3 N–H and O–H groups in total. The molecule has 2 aromatic rings. The number of anilines is 1. The molecule has 6 heteroatoms. The van der Waals surface area contributed by atoms with Gasteiger partial charge in [0.25, 0.3) is 0 Å². The second-order valence-corrected chi connectivity index (χ2v) is 4.39. The number of hydrogen-bond donors (Lipinski definition) is 3. The Bertz CT molecular complexity index is 700. The zero-order chi connectivity index (χ0) is 15.4. The number of carboxylic acid groups (broad SMARTS) is 1. The number of halogens is 1. The Morgan fingerprint density at radius 1 is 1.14 bits per heavy atom. The summed E-state index contributed by atoms with van der Waals surface area (Å²) in [5, 5.41) is 20.7. The van der Waals surface area contributed by atoms with Crippen molar-refractivity contribution in [2.45, 2.75) is 6.42 Å². The number of carbonyl (C=O) groups is 2. The lowest BCUT2D eigenvalue weighted by molar-refractivity contribution is -0.115. The Morgan fingerprint density at radius 2 is 1.90 bits per heavy atom. The minimum atomic E-state index is -1.30. The maximum atomic E-state index is 13.0. The van der Waals surface area contributed by atoms with E-state index in [9.17, 15) is 19.1 Å². The van der Waals surface area contributed by atoms with Crippen LogP contribution in [0.4, 0.5) is 10.1 Å². The van der Waals surface area contributed by atoms with E-state index in [1.165, 1.54) is 30.3 Å². The van der Waals surface area contributed by atoms with Crippen molar-refractivity contribution >= 4 is 17.6 Å². The first-order valence-electron chi connectivity index (χ1n) is 6.06. The van der Waals surface area contributed by atoms with E-state index < -0.39 is 17.7 Å². The van der Waals surface area contributed by atoms with Gasteiger partial charge in [0.1, 0.15) is 17.1 Å². The third kappa shape index (κ3) is 3.79. The standard InChI is InChI=1S/C15H12FNO4/c16-10-3-1-2-9(6-10)7-14(19)17-11-4-5-13(18)12(8-11)15(20)21/h1-6,8,18H,7H2,(H,17,19)(H,20,21). The number of amides is 1. The molecule has 1 amide bonds. The van der Waals surface area contributed by atoms with Crippen LogP contribution in [-0.2, 0) is 11.2 Å². The van der Waals surface area contributed by atoms with Gasteiger partial charge in [-0.05, 0) is 35.9 Å². The van der Waals surface area contributed by atoms with Crippen molar-refractivity contribution < 1.29 is 24.2 Å². The quantitative estimate of drug-likeness (QED) is 0.754. The molecule has 0 aliphatic rings. The van der Waals surface area contributed by atoms with Gasteiger partial charge >= 0.3 is 5.97 Å². The molecule has 0 saturated carbocycles. The van der Waals surface area contributed by atoms with Crippen LogP contribution in [0.15, 0.2) is 42.5 Å². The SMILES string of the molecule is O=C(Cc1cccc(F)c1)Nc1ccc(O)c(C(=O)O)c1. The van der Waals surface area contributed by atoms with E-state index in [0.717, 1.165) is 6.07 Å². The number of rotatable bonds is 4. The molecule has 0 heterocycles. The minimum Gasteiger partial charge on any atom is -0.507 e. The number of hydrogen-bond acceptors (Lipinski definition) is 3. The van der Waals surface area contributed by atoms with E-state index in [1.54, 1.807) is 6.07 Å².